The van der Waals surface area contributed by atoms with Crippen molar-refractivity contribution in [3.05, 3.63) is 0 Å². The molecule has 0 aromatic carbocycles. The Morgan fingerprint density at radius 2 is 1.83 bits per heavy atom. The van der Waals surface area contributed by atoms with Gasteiger partial charge in [0.1, 0.15) is 6.04 Å². The van der Waals surface area contributed by atoms with Crippen molar-refractivity contribution < 1.29 is 9.90 Å². The number of carbonyl (C=O) groups excluding carboxylic acids is 1. The third kappa shape index (κ3) is 3.69. The van der Waals surface area contributed by atoms with Gasteiger partial charge in [-0.15, -0.1) is 0 Å². The first-order valence-electron chi connectivity index (χ1n) is 4.14. The molecule has 0 aliphatic rings. The first-order valence-corrected chi connectivity index (χ1v) is 4.14. The van der Waals surface area contributed by atoms with Crippen molar-refractivity contribution in [2.24, 2.45) is 0 Å². The van der Waals surface area contributed by atoms with E-state index >= 15 is 0 Å². The molecule has 4 nitrogen and oxygen atoms in total. The molecule has 0 bridgehead atoms. The monoisotopic (exact) mass is 174 g/mol. The highest BCUT2D eigenvalue weighted by atomic mass is 16.3. The molecule has 2 unspecified atom stereocenters. The highest BCUT2D eigenvalue weighted by Crippen LogP contribution is 1.94. The van der Waals surface area contributed by atoms with E-state index in [9.17, 15) is 9.90 Å². The van der Waals surface area contributed by atoms with Crippen LogP contribution in [0.15, 0.2) is 0 Å². The topological polar surface area (TPSA) is 61.4 Å². The van der Waals surface area contributed by atoms with E-state index in [1.54, 1.807) is 14.0 Å². The summed E-state index contributed by atoms with van der Waals surface area (Å²) >= 11 is 0. The zero-order valence-corrected chi connectivity index (χ0v) is 8.09. The van der Waals surface area contributed by atoms with Gasteiger partial charge in [0, 0.05) is 13.1 Å². The van der Waals surface area contributed by atoms with Crippen LogP contribution in [0.1, 0.15) is 20.8 Å². The van der Waals surface area contributed by atoms with Gasteiger partial charge in [0.25, 0.3) is 0 Å². The van der Waals surface area contributed by atoms with Crippen molar-refractivity contribution in [2.75, 3.05) is 7.05 Å². The highest BCUT2D eigenvalue weighted by Gasteiger charge is 2.22. The Morgan fingerprint density at radius 3 is 2.08 bits per heavy atom. The first-order chi connectivity index (χ1) is 5.49. The Labute approximate surface area is 73.3 Å². The molecule has 1 amide bonds. The molecule has 0 aliphatic heterocycles. The third-order valence-electron chi connectivity index (χ3n) is 1.52. The molecule has 0 rings (SSSR count). The molecule has 0 aromatic heterocycles. The Balaban J connectivity index is 4.13. The van der Waals surface area contributed by atoms with E-state index < -0.39 is 12.1 Å². The normalized spacial score (nSPS) is 15.8. The lowest BCUT2D eigenvalue weighted by Gasteiger charge is -2.21. The smallest absolute Gasteiger partial charge is 0.239 e. The van der Waals surface area contributed by atoms with Gasteiger partial charge in [-0.25, -0.2) is 0 Å². The quantitative estimate of drug-likeness (QED) is 0.537. The molecule has 4 heteroatoms. The predicted molar refractivity (Wildman–Crippen MR) is 47.8 cm³/mol. The summed E-state index contributed by atoms with van der Waals surface area (Å²) in [5, 5.41) is 14.7. The van der Waals surface area contributed by atoms with Gasteiger partial charge in [-0.2, -0.15) is 0 Å². The minimum atomic E-state index is -0.674. The minimum absolute atomic E-state index is 0.182. The number of aliphatic hydroxyl groups is 1. The van der Waals surface area contributed by atoms with E-state index in [0.717, 1.165) is 0 Å². The second kappa shape index (κ2) is 5.11. The van der Waals surface area contributed by atoms with Crippen LogP contribution in [-0.2, 0) is 4.79 Å². The molecular weight excluding hydrogens is 156 g/mol. The molecule has 3 N–H and O–H groups in total. The largest absolute Gasteiger partial charge is 0.391 e. The van der Waals surface area contributed by atoms with Gasteiger partial charge in [-0.3, -0.25) is 4.79 Å². The van der Waals surface area contributed by atoms with Gasteiger partial charge in [0.15, 0.2) is 0 Å². The summed E-state index contributed by atoms with van der Waals surface area (Å²) < 4.78 is 0. The van der Waals surface area contributed by atoms with Crippen LogP contribution in [0, 0.1) is 0 Å². The molecule has 0 aromatic rings. The van der Waals surface area contributed by atoms with Crippen LogP contribution in [0.2, 0.25) is 0 Å². The fourth-order valence-corrected chi connectivity index (χ4v) is 0.949. The van der Waals surface area contributed by atoms with E-state index in [-0.39, 0.29) is 11.9 Å². The van der Waals surface area contributed by atoms with Crippen LogP contribution in [0.25, 0.3) is 0 Å². The molecule has 0 fully saturated rings. The zero-order valence-electron chi connectivity index (χ0n) is 8.09. The fourth-order valence-electron chi connectivity index (χ4n) is 0.949. The van der Waals surface area contributed by atoms with Crippen LogP contribution in [-0.4, -0.2) is 36.2 Å². The summed E-state index contributed by atoms with van der Waals surface area (Å²) in [5.74, 6) is -0.182. The SMILES string of the molecule is CNC(=O)C(NC(C)C)C(C)O. The third-order valence-corrected chi connectivity index (χ3v) is 1.52. The average Bonchev–Trinajstić information content (AvgIpc) is 1.98. The second-order valence-electron chi connectivity index (χ2n) is 3.15. The van der Waals surface area contributed by atoms with Gasteiger partial charge in [0.2, 0.25) is 5.91 Å². The number of amides is 1. The van der Waals surface area contributed by atoms with Crippen molar-refractivity contribution in [2.45, 2.75) is 39.0 Å². The van der Waals surface area contributed by atoms with Crippen LogP contribution in [0.5, 0.6) is 0 Å². The molecule has 0 spiro atoms. The Morgan fingerprint density at radius 1 is 1.33 bits per heavy atom. The second-order valence-corrected chi connectivity index (χ2v) is 3.15. The predicted octanol–water partition coefficient (Wildman–Crippen LogP) is -0.520. The summed E-state index contributed by atoms with van der Waals surface area (Å²) in [5.41, 5.74) is 0. The molecule has 0 heterocycles. The summed E-state index contributed by atoms with van der Waals surface area (Å²) in [6, 6.07) is -0.336. The van der Waals surface area contributed by atoms with E-state index in [0.29, 0.717) is 0 Å². The highest BCUT2D eigenvalue weighted by molar-refractivity contribution is 5.82. The number of hydrogen-bond donors (Lipinski definition) is 3. The van der Waals surface area contributed by atoms with Crippen molar-refractivity contribution >= 4 is 5.91 Å². The first kappa shape index (κ1) is 11.4. The summed E-state index contributed by atoms with van der Waals surface area (Å²) in [4.78, 5) is 11.2. The number of aliphatic hydroxyl groups excluding tert-OH is 1. The van der Waals surface area contributed by atoms with E-state index in [2.05, 4.69) is 10.6 Å². The van der Waals surface area contributed by atoms with Gasteiger partial charge in [-0.05, 0) is 6.92 Å². The average molecular weight is 174 g/mol. The van der Waals surface area contributed by atoms with Crippen molar-refractivity contribution in [1.29, 1.82) is 0 Å². The summed E-state index contributed by atoms with van der Waals surface area (Å²) in [7, 11) is 1.56. The maximum atomic E-state index is 11.2. The molecular formula is C8H18N2O2. The zero-order chi connectivity index (χ0) is 9.72. The molecule has 0 radical (unpaired) electrons. The van der Waals surface area contributed by atoms with Crippen molar-refractivity contribution in [3.63, 3.8) is 0 Å². The van der Waals surface area contributed by atoms with Gasteiger partial charge >= 0.3 is 0 Å². The number of nitrogens with one attached hydrogen (secondary N) is 2. The van der Waals surface area contributed by atoms with Gasteiger partial charge < -0.3 is 15.7 Å². The van der Waals surface area contributed by atoms with Crippen LogP contribution >= 0.6 is 0 Å². The number of hydrogen-bond acceptors (Lipinski definition) is 3. The number of rotatable bonds is 4. The molecule has 0 saturated heterocycles. The molecule has 12 heavy (non-hydrogen) atoms. The summed E-state index contributed by atoms with van der Waals surface area (Å²) in [6.07, 6.45) is -0.674. The van der Waals surface area contributed by atoms with Crippen molar-refractivity contribution in [1.82, 2.24) is 10.6 Å². The minimum Gasteiger partial charge on any atom is -0.391 e. The lowest BCUT2D eigenvalue weighted by molar-refractivity contribution is -0.125. The molecule has 0 saturated carbocycles. The van der Waals surface area contributed by atoms with E-state index in [1.807, 2.05) is 13.8 Å². The van der Waals surface area contributed by atoms with Crippen LogP contribution in [0.3, 0.4) is 0 Å². The number of carbonyl (C=O) groups is 1. The number of likely N-dealkylation sites (N-methyl/N-ethyl adjacent to an activating group) is 1. The molecule has 72 valence electrons. The van der Waals surface area contributed by atoms with Gasteiger partial charge in [-0.1, -0.05) is 13.8 Å². The Hall–Kier alpha value is -0.610. The fraction of sp³-hybridized carbons (Fsp3) is 0.875. The molecule has 0 aliphatic carbocycles. The van der Waals surface area contributed by atoms with Crippen LogP contribution in [0.4, 0.5) is 0 Å². The lowest BCUT2D eigenvalue weighted by atomic mass is 10.1. The summed E-state index contributed by atoms with van der Waals surface area (Å²) in [6.45, 7) is 5.45. The maximum absolute atomic E-state index is 11.2. The Bertz CT molecular complexity index is 146. The van der Waals surface area contributed by atoms with E-state index in [1.165, 1.54) is 0 Å². The van der Waals surface area contributed by atoms with Gasteiger partial charge in [0.05, 0.1) is 6.10 Å². The maximum Gasteiger partial charge on any atom is 0.239 e. The Kier molecular flexibility index (Phi) is 4.85. The van der Waals surface area contributed by atoms with Crippen LogP contribution < -0.4 is 10.6 Å². The standard InChI is InChI=1S/C8H18N2O2/c1-5(2)10-7(6(3)11)8(12)9-4/h5-7,10-11H,1-4H3,(H,9,12). The lowest BCUT2D eigenvalue weighted by Crippen LogP contribution is -2.51. The van der Waals surface area contributed by atoms with Crippen molar-refractivity contribution in [3.8, 4) is 0 Å². The molecule has 2 atom stereocenters. The van der Waals surface area contributed by atoms with E-state index in [4.69, 9.17) is 0 Å².